The van der Waals surface area contributed by atoms with E-state index < -0.39 is 5.92 Å². The minimum absolute atomic E-state index is 0.0599. The van der Waals surface area contributed by atoms with Gasteiger partial charge in [0, 0.05) is 19.3 Å². The van der Waals surface area contributed by atoms with Crippen molar-refractivity contribution in [1.82, 2.24) is 14.5 Å². The van der Waals surface area contributed by atoms with Crippen molar-refractivity contribution in [2.75, 3.05) is 19.4 Å². The topological polar surface area (TPSA) is 62.5 Å². The molecule has 4 aromatic rings. The fraction of sp³-hybridized carbons (Fsp3) is 0.192. The van der Waals surface area contributed by atoms with Crippen LogP contribution in [0.25, 0.3) is 11.0 Å². The largest absolute Gasteiger partial charge is 0.334 e. The third kappa shape index (κ3) is 3.69. The van der Waals surface area contributed by atoms with Crippen molar-refractivity contribution in [3.63, 3.8) is 0 Å². The summed E-state index contributed by atoms with van der Waals surface area (Å²) in [6.07, 6.45) is 1.80. The van der Waals surface area contributed by atoms with E-state index in [1.54, 1.807) is 6.33 Å². The van der Waals surface area contributed by atoms with E-state index in [1.165, 1.54) is 5.56 Å². The van der Waals surface area contributed by atoms with E-state index in [-0.39, 0.29) is 5.91 Å². The summed E-state index contributed by atoms with van der Waals surface area (Å²) in [5, 5.41) is 3.01. The highest BCUT2D eigenvalue weighted by Crippen LogP contribution is 2.36. The lowest BCUT2D eigenvalue weighted by molar-refractivity contribution is -0.115. The van der Waals surface area contributed by atoms with Crippen molar-refractivity contribution in [2.24, 2.45) is 12.0 Å². The monoisotopic (exact) mass is 423 g/mol. The van der Waals surface area contributed by atoms with Crippen LogP contribution in [0.4, 0.5) is 11.4 Å². The Morgan fingerprint density at radius 1 is 1.09 bits per heavy atom. The maximum Gasteiger partial charge on any atom is 0.238 e. The van der Waals surface area contributed by atoms with Crippen LogP contribution >= 0.6 is 0 Å². The number of benzene rings is 3. The number of amides is 1. The summed E-state index contributed by atoms with van der Waals surface area (Å²) in [7, 11) is 6.07. The molecule has 160 valence electrons. The number of anilines is 1. The number of carbonyl (C=O) groups excluding carboxylic acids is 1. The summed E-state index contributed by atoms with van der Waals surface area (Å²) >= 11 is 0. The Morgan fingerprint density at radius 3 is 2.66 bits per heavy atom. The summed E-state index contributed by atoms with van der Waals surface area (Å²) in [6.45, 7) is 0.867. The van der Waals surface area contributed by atoms with Crippen LogP contribution < -0.4 is 5.32 Å². The highest BCUT2D eigenvalue weighted by molar-refractivity contribution is 6.24. The molecule has 6 heteroatoms. The van der Waals surface area contributed by atoms with Gasteiger partial charge < -0.3 is 14.8 Å². The molecule has 1 atom stereocenters. The summed E-state index contributed by atoms with van der Waals surface area (Å²) in [5.41, 5.74) is 7.36. The minimum atomic E-state index is -0.478. The molecule has 0 spiro atoms. The molecular formula is C26H25N5O. The van der Waals surface area contributed by atoms with Gasteiger partial charge in [-0.3, -0.25) is 9.79 Å². The van der Waals surface area contributed by atoms with Gasteiger partial charge in [0.1, 0.15) is 5.92 Å². The molecule has 2 heterocycles. The average molecular weight is 424 g/mol. The predicted molar refractivity (Wildman–Crippen MR) is 129 cm³/mol. The van der Waals surface area contributed by atoms with Crippen LogP contribution in [0.1, 0.15) is 22.6 Å². The number of para-hydroxylation sites is 1. The number of carbonyl (C=O) groups is 1. The van der Waals surface area contributed by atoms with Crippen LogP contribution in [0.15, 0.2) is 78.0 Å². The Hall–Kier alpha value is -3.77. The molecule has 0 saturated heterocycles. The number of aromatic nitrogens is 2. The third-order valence-corrected chi connectivity index (χ3v) is 5.77. The zero-order valence-electron chi connectivity index (χ0n) is 18.4. The second kappa shape index (κ2) is 8.05. The van der Waals surface area contributed by atoms with Crippen molar-refractivity contribution in [2.45, 2.75) is 12.5 Å². The Labute approximate surface area is 187 Å². The van der Waals surface area contributed by atoms with Gasteiger partial charge in [-0.25, -0.2) is 4.98 Å². The average Bonchev–Trinajstić information content (AvgIpc) is 3.31. The number of fused-ring (bicyclic) bond motifs is 2. The number of aliphatic imine (C=N–C) groups is 1. The molecule has 0 bridgehead atoms. The SMILES string of the molecule is CN(C)Cc1ccc(N=C(c2ccc3c(c2)ncn3C)C2C(=O)Nc3ccccc32)cc1. The van der Waals surface area contributed by atoms with Crippen molar-refractivity contribution in [1.29, 1.82) is 0 Å². The maximum atomic E-state index is 13.1. The second-order valence-corrected chi connectivity index (χ2v) is 8.47. The molecule has 6 nitrogen and oxygen atoms in total. The zero-order valence-corrected chi connectivity index (χ0v) is 18.4. The number of hydrogen-bond acceptors (Lipinski definition) is 4. The van der Waals surface area contributed by atoms with Gasteiger partial charge in [-0.05, 0) is 61.1 Å². The first kappa shape index (κ1) is 20.2. The molecule has 1 unspecified atom stereocenters. The molecule has 0 radical (unpaired) electrons. The Kier molecular flexibility index (Phi) is 5.07. The smallest absolute Gasteiger partial charge is 0.238 e. The first-order chi connectivity index (χ1) is 15.5. The number of rotatable bonds is 5. The molecule has 0 aliphatic carbocycles. The van der Waals surface area contributed by atoms with Crippen molar-refractivity contribution in [3.05, 3.63) is 89.7 Å². The van der Waals surface area contributed by atoms with Gasteiger partial charge in [-0.1, -0.05) is 36.4 Å². The van der Waals surface area contributed by atoms with Crippen LogP contribution in [-0.2, 0) is 18.4 Å². The molecule has 1 aliphatic rings. The lowest BCUT2D eigenvalue weighted by Gasteiger charge is -2.15. The molecule has 1 N–H and O–H groups in total. The first-order valence-electron chi connectivity index (χ1n) is 10.6. The standard InChI is InChI=1S/C26H25N5O/c1-30(2)15-17-8-11-19(12-9-17)28-25(18-10-13-23-22(14-18)27-16-31(23)3)24-20-6-4-5-7-21(20)29-26(24)32/h4-14,16,24H,15H2,1-3H3,(H,29,32). The van der Waals surface area contributed by atoms with Gasteiger partial charge in [0.2, 0.25) is 5.91 Å². The third-order valence-electron chi connectivity index (χ3n) is 5.77. The van der Waals surface area contributed by atoms with Gasteiger partial charge in [0.05, 0.1) is 28.8 Å². The van der Waals surface area contributed by atoms with E-state index in [0.29, 0.717) is 0 Å². The van der Waals surface area contributed by atoms with Gasteiger partial charge in [0.15, 0.2) is 0 Å². The molecule has 1 amide bonds. The van der Waals surface area contributed by atoms with Crippen LogP contribution in [0.3, 0.4) is 0 Å². The van der Waals surface area contributed by atoms with E-state index in [9.17, 15) is 4.79 Å². The fourth-order valence-corrected chi connectivity index (χ4v) is 4.25. The van der Waals surface area contributed by atoms with Crippen molar-refractivity contribution >= 4 is 34.0 Å². The van der Waals surface area contributed by atoms with E-state index in [2.05, 4.69) is 27.3 Å². The van der Waals surface area contributed by atoms with E-state index in [4.69, 9.17) is 4.99 Å². The molecule has 0 fully saturated rings. The number of hydrogen-bond donors (Lipinski definition) is 1. The number of imidazole rings is 1. The molecule has 5 rings (SSSR count). The Balaban J connectivity index is 1.63. The van der Waals surface area contributed by atoms with E-state index in [0.717, 1.165) is 45.8 Å². The van der Waals surface area contributed by atoms with Crippen molar-refractivity contribution < 1.29 is 4.79 Å². The highest BCUT2D eigenvalue weighted by atomic mass is 16.2. The quantitative estimate of drug-likeness (QED) is 0.481. The van der Waals surface area contributed by atoms with Crippen LogP contribution in [0.2, 0.25) is 0 Å². The lowest BCUT2D eigenvalue weighted by atomic mass is 9.90. The van der Waals surface area contributed by atoms with Crippen LogP contribution in [0.5, 0.6) is 0 Å². The van der Waals surface area contributed by atoms with Crippen LogP contribution in [0, 0.1) is 0 Å². The fourth-order valence-electron chi connectivity index (χ4n) is 4.25. The molecule has 3 aromatic carbocycles. The number of aryl methyl sites for hydroxylation is 1. The summed E-state index contributed by atoms with van der Waals surface area (Å²) in [5.74, 6) is -0.538. The summed E-state index contributed by atoms with van der Waals surface area (Å²) < 4.78 is 1.98. The maximum absolute atomic E-state index is 13.1. The summed E-state index contributed by atoms with van der Waals surface area (Å²) in [4.78, 5) is 24.7. The van der Waals surface area contributed by atoms with Gasteiger partial charge >= 0.3 is 0 Å². The number of nitrogens with zero attached hydrogens (tertiary/aromatic N) is 4. The molecular weight excluding hydrogens is 398 g/mol. The molecule has 32 heavy (non-hydrogen) atoms. The first-order valence-corrected chi connectivity index (χ1v) is 10.6. The molecule has 1 aliphatic heterocycles. The minimum Gasteiger partial charge on any atom is -0.334 e. The summed E-state index contributed by atoms with van der Waals surface area (Å²) in [6, 6.07) is 22.1. The van der Waals surface area contributed by atoms with Crippen molar-refractivity contribution in [3.8, 4) is 0 Å². The normalized spacial score (nSPS) is 15.9. The van der Waals surface area contributed by atoms with E-state index in [1.807, 2.05) is 80.3 Å². The zero-order chi connectivity index (χ0) is 22.2. The predicted octanol–water partition coefficient (Wildman–Crippen LogP) is 4.49. The Morgan fingerprint density at radius 2 is 1.88 bits per heavy atom. The van der Waals surface area contributed by atoms with Crippen LogP contribution in [-0.4, -0.2) is 40.2 Å². The Bertz CT molecular complexity index is 1330. The second-order valence-electron chi connectivity index (χ2n) is 8.47. The molecule has 1 aromatic heterocycles. The number of nitrogens with one attached hydrogen (secondary N) is 1. The van der Waals surface area contributed by atoms with Gasteiger partial charge in [-0.2, -0.15) is 0 Å². The van der Waals surface area contributed by atoms with E-state index >= 15 is 0 Å². The van der Waals surface area contributed by atoms with Gasteiger partial charge in [0.25, 0.3) is 0 Å². The lowest BCUT2D eigenvalue weighted by Crippen LogP contribution is -2.22. The molecule has 0 saturated carbocycles. The highest BCUT2D eigenvalue weighted by Gasteiger charge is 2.35. The van der Waals surface area contributed by atoms with Gasteiger partial charge in [-0.15, -0.1) is 0 Å².